The minimum atomic E-state index is -4.49. The lowest BCUT2D eigenvalue weighted by atomic mass is 10.0. The SMILES string of the molecule is C[C@@H]1CCCCO[C@H](CN(C)C(=O)Nc2ccc(F)cc2)[C@H](C)CN([C@@H](C)CO)C(=O)c2cc(NC(=O)CCC(F)(F)F)ccc2O1. The van der Waals surface area contributed by atoms with Gasteiger partial charge in [0.05, 0.1) is 36.8 Å². The van der Waals surface area contributed by atoms with Gasteiger partial charge in [-0.15, -0.1) is 0 Å². The number of nitrogens with zero attached hydrogens (tertiary/aromatic N) is 2. The number of benzene rings is 2. The van der Waals surface area contributed by atoms with Crippen LogP contribution in [0.2, 0.25) is 0 Å². The number of carbonyl (C=O) groups is 3. The molecule has 0 spiro atoms. The molecule has 2 aromatic rings. The number of hydrogen-bond donors (Lipinski definition) is 3. The molecular formula is C33H44F4N4O6. The molecule has 0 fully saturated rings. The van der Waals surface area contributed by atoms with Crippen LogP contribution in [0.25, 0.3) is 0 Å². The van der Waals surface area contributed by atoms with Crippen LogP contribution < -0.4 is 15.4 Å². The molecule has 1 heterocycles. The fraction of sp³-hybridized carbons (Fsp3) is 0.545. The molecule has 0 aliphatic carbocycles. The van der Waals surface area contributed by atoms with Gasteiger partial charge >= 0.3 is 12.2 Å². The number of halogens is 4. The van der Waals surface area contributed by atoms with Crippen molar-refractivity contribution in [2.75, 3.05) is 44.0 Å². The number of aliphatic hydroxyl groups excluding tert-OH is 1. The van der Waals surface area contributed by atoms with Crippen LogP contribution in [-0.4, -0.2) is 90.5 Å². The van der Waals surface area contributed by atoms with E-state index < -0.39 is 54.8 Å². The van der Waals surface area contributed by atoms with Gasteiger partial charge < -0.3 is 35.0 Å². The minimum Gasteiger partial charge on any atom is -0.490 e. The molecule has 0 unspecified atom stereocenters. The van der Waals surface area contributed by atoms with E-state index in [1.54, 1.807) is 14.0 Å². The summed E-state index contributed by atoms with van der Waals surface area (Å²) >= 11 is 0. The lowest BCUT2D eigenvalue weighted by molar-refractivity contribution is -0.142. The van der Waals surface area contributed by atoms with Gasteiger partial charge in [0.25, 0.3) is 5.91 Å². The second-order valence-corrected chi connectivity index (χ2v) is 12.0. The Kier molecular flexibility index (Phi) is 13.8. The van der Waals surface area contributed by atoms with Crippen molar-refractivity contribution in [3.8, 4) is 5.75 Å². The van der Waals surface area contributed by atoms with E-state index in [4.69, 9.17) is 9.47 Å². The van der Waals surface area contributed by atoms with Gasteiger partial charge in [0.2, 0.25) is 5.91 Å². The van der Waals surface area contributed by atoms with E-state index in [0.29, 0.717) is 25.1 Å². The average molecular weight is 669 g/mol. The van der Waals surface area contributed by atoms with Gasteiger partial charge in [-0.25, -0.2) is 9.18 Å². The van der Waals surface area contributed by atoms with Gasteiger partial charge in [-0.3, -0.25) is 9.59 Å². The first kappa shape index (κ1) is 37.5. The Labute approximate surface area is 272 Å². The number of carbonyl (C=O) groups excluding carboxylic acids is 3. The highest BCUT2D eigenvalue weighted by atomic mass is 19.4. The van der Waals surface area contributed by atoms with Crippen LogP contribution in [0.3, 0.4) is 0 Å². The Morgan fingerprint density at radius 1 is 1.09 bits per heavy atom. The molecule has 2 aromatic carbocycles. The Morgan fingerprint density at radius 3 is 2.43 bits per heavy atom. The van der Waals surface area contributed by atoms with E-state index >= 15 is 0 Å². The highest BCUT2D eigenvalue weighted by molar-refractivity contribution is 5.99. The summed E-state index contributed by atoms with van der Waals surface area (Å²) in [7, 11) is 1.60. The van der Waals surface area contributed by atoms with Crippen LogP contribution >= 0.6 is 0 Å². The maximum absolute atomic E-state index is 14.1. The molecule has 4 atom stereocenters. The molecule has 0 aromatic heterocycles. The van der Waals surface area contributed by atoms with Gasteiger partial charge in [-0.1, -0.05) is 6.92 Å². The number of likely N-dealkylation sites (N-methyl/N-ethyl adjacent to an activating group) is 1. The second kappa shape index (κ2) is 17.3. The number of rotatable bonds is 8. The van der Waals surface area contributed by atoms with Crippen molar-refractivity contribution >= 4 is 29.2 Å². The van der Waals surface area contributed by atoms with E-state index in [9.17, 15) is 37.1 Å². The topological polar surface area (TPSA) is 120 Å². The number of aliphatic hydroxyl groups is 1. The fourth-order valence-electron chi connectivity index (χ4n) is 5.05. The Hall–Kier alpha value is -3.91. The third-order valence-corrected chi connectivity index (χ3v) is 7.87. The summed E-state index contributed by atoms with van der Waals surface area (Å²) in [4.78, 5) is 42.2. The number of amides is 4. The molecule has 3 N–H and O–H groups in total. The summed E-state index contributed by atoms with van der Waals surface area (Å²) in [6.07, 6.45) is -5.30. The zero-order chi connectivity index (χ0) is 34.7. The molecule has 1 aliphatic heterocycles. The molecule has 260 valence electrons. The van der Waals surface area contributed by atoms with Crippen molar-refractivity contribution in [2.24, 2.45) is 5.92 Å². The standard InChI is InChI=1S/C33H44F4N4O6/c1-21-18-41(22(2)20-42)31(44)27-17-26(38-30(43)14-15-33(35,36)37)12-13-28(27)47-23(3)7-5-6-16-46-29(21)19-40(4)32(45)39-25-10-8-24(34)9-11-25/h8-13,17,21-23,29,42H,5-7,14-16,18-20H2,1-4H3,(H,38,43)(H,39,45)/t21-,22+,23-,29-/m1/s1. The number of fused-ring (bicyclic) bond motifs is 1. The average Bonchev–Trinajstić information content (AvgIpc) is 3.02. The van der Waals surface area contributed by atoms with Crippen LogP contribution in [0.5, 0.6) is 5.75 Å². The maximum atomic E-state index is 14.1. The predicted molar refractivity (Wildman–Crippen MR) is 169 cm³/mol. The largest absolute Gasteiger partial charge is 0.490 e. The number of ether oxygens (including phenoxy) is 2. The van der Waals surface area contributed by atoms with Crippen molar-refractivity contribution in [3.05, 3.63) is 53.8 Å². The van der Waals surface area contributed by atoms with Crippen molar-refractivity contribution in [1.82, 2.24) is 9.80 Å². The first-order valence-electron chi connectivity index (χ1n) is 15.6. The lowest BCUT2D eigenvalue weighted by Gasteiger charge is -2.35. The molecule has 0 bridgehead atoms. The Morgan fingerprint density at radius 2 is 1.77 bits per heavy atom. The second-order valence-electron chi connectivity index (χ2n) is 12.0. The summed E-state index contributed by atoms with van der Waals surface area (Å²) in [5, 5.41) is 15.2. The molecule has 14 heteroatoms. The van der Waals surface area contributed by atoms with Crippen LogP contribution in [0.4, 0.5) is 33.7 Å². The summed E-state index contributed by atoms with van der Waals surface area (Å²) in [5.74, 6) is -1.91. The molecule has 4 amide bonds. The molecule has 3 rings (SSSR count). The van der Waals surface area contributed by atoms with Crippen molar-refractivity contribution in [2.45, 2.75) is 77.3 Å². The normalized spacial score (nSPS) is 20.3. The highest BCUT2D eigenvalue weighted by Gasteiger charge is 2.31. The van der Waals surface area contributed by atoms with Crippen molar-refractivity contribution < 1.29 is 46.5 Å². The van der Waals surface area contributed by atoms with Gasteiger partial charge in [-0.2, -0.15) is 13.2 Å². The van der Waals surface area contributed by atoms with Crippen molar-refractivity contribution in [1.29, 1.82) is 0 Å². The quantitative estimate of drug-likeness (QED) is 0.294. The third kappa shape index (κ3) is 12.0. The summed E-state index contributed by atoms with van der Waals surface area (Å²) in [6.45, 7) is 5.67. The van der Waals surface area contributed by atoms with Crippen LogP contribution in [-0.2, 0) is 9.53 Å². The fourth-order valence-corrected chi connectivity index (χ4v) is 5.05. The summed E-state index contributed by atoms with van der Waals surface area (Å²) < 4.78 is 63.6. The van der Waals surface area contributed by atoms with E-state index in [1.807, 2.05) is 13.8 Å². The molecular weight excluding hydrogens is 624 g/mol. The summed E-state index contributed by atoms with van der Waals surface area (Å²) in [6, 6.07) is 8.61. The van der Waals surface area contributed by atoms with Gasteiger partial charge in [0, 0.05) is 50.5 Å². The lowest BCUT2D eigenvalue weighted by Crippen LogP contribution is -2.48. The number of urea groups is 1. The number of nitrogens with one attached hydrogen (secondary N) is 2. The Bertz CT molecular complexity index is 1340. The third-order valence-electron chi connectivity index (χ3n) is 7.87. The molecule has 0 saturated heterocycles. The zero-order valence-corrected chi connectivity index (χ0v) is 27.1. The number of anilines is 2. The monoisotopic (exact) mass is 668 g/mol. The smallest absolute Gasteiger partial charge is 0.389 e. The molecule has 0 radical (unpaired) electrons. The van der Waals surface area contributed by atoms with Crippen LogP contribution in [0, 0.1) is 11.7 Å². The van der Waals surface area contributed by atoms with Crippen molar-refractivity contribution in [3.63, 3.8) is 0 Å². The first-order chi connectivity index (χ1) is 22.2. The molecule has 47 heavy (non-hydrogen) atoms. The van der Waals surface area contributed by atoms with Crippen LogP contribution in [0.15, 0.2) is 42.5 Å². The Balaban J connectivity index is 1.87. The van der Waals surface area contributed by atoms with Gasteiger partial charge in [0.1, 0.15) is 11.6 Å². The number of alkyl halides is 3. The molecule has 1 aliphatic rings. The summed E-state index contributed by atoms with van der Waals surface area (Å²) in [5.41, 5.74) is 0.618. The molecule has 10 nitrogen and oxygen atoms in total. The predicted octanol–water partition coefficient (Wildman–Crippen LogP) is 6.07. The number of hydrogen-bond acceptors (Lipinski definition) is 6. The van der Waals surface area contributed by atoms with E-state index in [-0.39, 0.29) is 48.7 Å². The van der Waals surface area contributed by atoms with Gasteiger partial charge in [0.15, 0.2) is 0 Å². The minimum absolute atomic E-state index is 0.0725. The van der Waals surface area contributed by atoms with E-state index in [2.05, 4.69) is 10.6 Å². The van der Waals surface area contributed by atoms with Gasteiger partial charge in [-0.05, 0) is 75.6 Å². The first-order valence-corrected chi connectivity index (χ1v) is 15.6. The highest BCUT2D eigenvalue weighted by Crippen LogP contribution is 2.29. The molecule has 0 saturated carbocycles. The van der Waals surface area contributed by atoms with E-state index in [1.165, 1.54) is 52.3 Å². The maximum Gasteiger partial charge on any atom is 0.389 e. The van der Waals surface area contributed by atoms with Crippen LogP contribution in [0.1, 0.15) is 63.2 Å². The van der Waals surface area contributed by atoms with E-state index in [0.717, 1.165) is 6.42 Å². The zero-order valence-electron chi connectivity index (χ0n) is 27.1.